The molecule has 1 heterocycles. The first-order valence-electron chi connectivity index (χ1n) is 7.18. The van der Waals surface area contributed by atoms with Crippen molar-refractivity contribution in [3.05, 3.63) is 52.1 Å². The van der Waals surface area contributed by atoms with Crippen molar-refractivity contribution in [3.8, 4) is 0 Å². The van der Waals surface area contributed by atoms with E-state index in [1.54, 1.807) is 16.8 Å². The van der Waals surface area contributed by atoms with Crippen LogP contribution in [0.1, 0.15) is 36.2 Å². The van der Waals surface area contributed by atoms with Gasteiger partial charge < -0.3 is 5.32 Å². The van der Waals surface area contributed by atoms with Crippen molar-refractivity contribution in [2.75, 3.05) is 6.54 Å². The van der Waals surface area contributed by atoms with Crippen LogP contribution in [0.5, 0.6) is 0 Å². The fraction of sp³-hybridized carbons (Fsp3) is 0.438. The van der Waals surface area contributed by atoms with E-state index in [9.17, 15) is 4.39 Å². The molecule has 0 saturated heterocycles. The van der Waals surface area contributed by atoms with Gasteiger partial charge in [0.2, 0.25) is 0 Å². The highest BCUT2D eigenvalue weighted by atomic mass is 35.5. The van der Waals surface area contributed by atoms with E-state index in [4.69, 9.17) is 11.6 Å². The molecule has 1 N–H and O–H groups in total. The number of benzene rings is 1. The molecule has 0 bridgehead atoms. The number of hydrogen-bond donors (Lipinski definition) is 1. The summed E-state index contributed by atoms with van der Waals surface area (Å²) in [6, 6.07) is 4.90. The second-order valence-electron chi connectivity index (χ2n) is 5.29. The fourth-order valence-electron chi connectivity index (χ4n) is 2.48. The summed E-state index contributed by atoms with van der Waals surface area (Å²) in [4.78, 5) is 0. The smallest absolute Gasteiger partial charge is 0.127 e. The van der Waals surface area contributed by atoms with Crippen LogP contribution in [0.25, 0.3) is 0 Å². The minimum atomic E-state index is -0.257. The van der Waals surface area contributed by atoms with Gasteiger partial charge in [-0.25, -0.2) is 4.39 Å². The van der Waals surface area contributed by atoms with Gasteiger partial charge in [0.1, 0.15) is 5.82 Å². The van der Waals surface area contributed by atoms with Gasteiger partial charge in [-0.2, -0.15) is 5.10 Å². The van der Waals surface area contributed by atoms with Crippen LogP contribution < -0.4 is 5.32 Å². The topological polar surface area (TPSA) is 29.9 Å². The molecule has 1 aromatic heterocycles. The molecule has 0 aliphatic heterocycles. The Morgan fingerprint density at radius 1 is 1.43 bits per heavy atom. The van der Waals surface area contributed by atoms with Gasteiger partial charge in [0.15, 0.2) is 0 Å². The Morgan fingerprint density at radius 2 is 2.19 bits per heavy atom. The highest BCUT2D eigenvalue weighted by molar-refractivity contribution is 6.30. The first kappa shape index (κ1) is 16.0. The van der Waals surface area contributed by atoms with Crippen LogP contribution in [0.4, 0.5) is 4.39 Å². The number of rotatable bonds is 6. The third-order valence-electron chi connectivity index (χ3n) is 3.51. The van der Waals surface area contributed by atoms with E-state index >= 15 is 0 Å². The van der Waals surface area contributed by atoms with Crippen molar-refractivity contribution in [1.82, 2.24) is 15.1 Å². The molecular weight excluding hydrogens is 289 g/mol. The van der Waals surface area contributed by atoms with Crippen LogP contribution in [0, 0.1) is 12.7 Å². The van der Waals surface area contributed by atoms with Gasteiger partial charge >= 0.3 is 0 Å². The van der Waals surface area contributed by atoms with E-state index in [1.807, 2.05) is 20.2 Å². The summed E-state index contributed by atoms with van der Waals surface area (Å²) in [6.45, 7) is 4.98. The average Bonchev–Trinajstić information content (AvgIpc) is 2.76. The maximum atomic E-state index is 14.0. The molecule has 2 rings (SSSR count). The van der Waals surface area contributed by atoms with E-state index in [-0.39, 0.29) is 11.9 Å². The van der Waals surface area contributed by atoms with E-state index in [0.717, 1.165) is 24.2 Å². The molecule has 1 unspecified atom stereocenters. The van der Waals surface area contributed by atoms with Gasteiger partial charge in [0.25, 0.3) is 0 Å². The maximum Gasteiger partial charge on any atom is 0.127 e. The quantitative estimate of drug-likeness (QED) is 0.879. The second kappa shape index (κ2) is 7.05. The van der Waals surface area contributed by atoms with Crippen molar-refractivity contribution < 1.29 is 4.39 Å². The summed E-state index contributed by atoms with van der Waals surface area (Å²) in [5.41, 5.74) is 2.75. The first-order chi connectivity index (χ1) is 10.0. The first-order valence-corrected chi connectivity index (χ1v) is 7.56. The molecule has 1 aromatic carbocycles. The summed E-state index contributed by atoms with van der Waals surface area (Å²) >= 11 is 5.81. The number of nitrogens with zero attached hydrogens (tertiary/aromatic N) is 2. The zero-order valence-electron chi connectivity index (χ0n) is 12.7. The molecule has 114 valence electrons. The van der Waals surface area contributed by atoms with Gasteiger partial charge in [-0.15, -0.1) is 0 Å². The zero-order chi connectivity index (χ0) is 15.4. The molecule has 0 spiro atoms. The van der Waals surface area contributed by atoms with E-state index in [1.165, 1.54) is 6.07 Å². The Hall–Kier alpha value is -1.39. The summed E-state index contributed by atoms with van der Waals surface area (Å²) in [7, 11) is 1.90. The van der Waals surface area contributed by atoms with Crippen LogP contribution in [-0.4, -0.2) is 16.3 Å². The molecule has 21 heavy (non-hydrogen) atoms. The lowest BCUT2D eigenvalue weighted by Gasteiger charge is -2.18. The molecular formula is C16H21ClFN3. The van der Waals surface area contributed by atoms with Crippen molar-refractivity contribution in [1.29, 1.82) is 0 Å². The molecule has 1 atom stereocenters. The van der Waals surface area contributed by atoms with Crippen LogP contribution in [0.2, 0.25) is 5.02 Å². The predicted molar refractivity (Wildman–Crippen MR) is 84.1 cm³/mol. The van der Waals surface area contributed by atoms with Crippen molar-refractivity contribution in [3.63, 3.8) is 0 Å². The van der Waals surface area contributed by atoms with Crippen molar-refractivity contribution in [2.45, 2.75) is 32.7 Å². The Balaban J connectivity index is 2.26. The lowest BCUT2D eigenvalue weighted by Crippen LogP contribution is -2.24. The number of aromatic nitrogens is 2. The van der Waals surface area contributed by atoms with E-state index in [0.29, 0.717) is 17.0 Å². The van der Waals surface area contributed by atoms with Gasteiger partial charge in [0, 0.05) is 29.9 Å². The molecule has 0 amide bonds. The lowest BCUT2D eigenvalue weighted by atomic mass is 9.99. The second-order valence-corrected chi connectivity index (χ2v) is 5.73. The molecule has 3 nitrogen and oxygen atoms in total. The van der Waals surface area contributed by atoms with Gasteiger partial charge in [-0.3, -0.25) is 4.68 Å². The standard InChI is InChI=1S/C16H21ClFN3/c1-4-7-19-16(14-10-21(3)20-11(14)2)8-12-5-6-13(17)9-15(12)18/h5-6,9-10,16,19H,4,7-8H2,1-3H3. The summed E-state index contributed by atoms with van der Waals surface area (Å²) < 4.78 is 15.8. The Kier molecular flexibility index (Phi) is 5.37. The minimum absolute atomic E-state index is 0.0503. The molecule has 5 heteroatoms. The molecule has 2 aromatic rings. The third kappa shape index (κ3) is 4.05. The van der Waals surface area contributed by atoms with Crippen molar-refractivity contribution in [2.24, 2.45) is 7.05 Å². The zero-order valence-corrected chi connectivity index (χ0v) is 13.4. The highest BCUT2D eigenvalue weighted by Crippen LogP contribution is 2.24. The SMILES string of the molecule is CCCNC(Cc1ccc(Cl)cc1F)c1cn(C)nc1C. The van der Waals surface area contributed by atoms with Crippen LogP contribution in [0.15, 0.2) is 24.4 Å². The highest BCUT2D eigenvalue weighted by Gasteiger charge is 2.18. The van der Waals surface area contributed by atoms with E-state index in [2.05, 4.69) is 17.3 Å². The summed E-state index contributed by atoms with van der Waals surface area (Å²) in [5.74, 6) is -0.257. The Labute approximate surface area is 130 Å². The number of nitrogens with one attached hydrogen (secondary N) is 1. The molecule has 0 saturated carbocycles. The normalized spacial score (nSPS) is 12.6. The monoisotopic (exact) mass is 309 g/mol. The van der Waals surface area contributed by atoms with Crippen LogP contribution in [-0.2, 0) is 13.5 Å². The Bertz CT molecular complexity index is 610. The molecule has 0 aliphatic carbocycles. The van der Waals surface area contributed by atoms with Crippen LogP contribution in [0.3, 0.4) is 0 Å². The van der Waals surface area contributed by atoms with Gasteiger partial charge in [-0.1, -0.05) is 24.6 Å². The maximum absolute atomic E-state index is 14.0. The summed E-state index contributed by atoms with van der Waals surface area (Å²) in [5, 5.41) is 8.28. The number of halogens is 2. The van der Waals surface area contributed by atoms with Gasteiger partial charge in [-0.05, 0) is 44.0 Å². The average molecular weight is 310 g/mol. The minimum Gasteiger partial charge on any atom is -0.310 e. The fourth-order valence-corrected chi connectivity index (χ4v) is 2.64. The van der Waals surface area contributed by atoms with Crippen molar-refractivity contribution >= 4 is 11.6 Å². The number of aryl methyl sites for hydroxylation is 2. The lowest BCUT2D eigenvalue weighted by molar-refractivity contribution is 0.511. The van der Waals surface area contributed by atoms with Crippen LogP contribution >= 0.6 is 11.6 Å². The van der Waals surface area contributed by atoms with Gasteiger partial charge in [0.05, 0.1) is 5.69 Å². The molecule has 0 aliphatic rings. The Morgan fingerprint density at radius 3 is 2.76 bits per heavy atom. The predicted octanol–water partition coefficient (Wildman–Crippen LogP) is 3.80. The largest absolute Gasteiger partial charge is 0.310 e. The summed E-state index contributed by atoms with van der Waals surface area (Å²) in [6.07, 6.45) is 3.60. The molecule has 0 fully saturated rings. The van der Waals surface area contributed by atoms with E-state index < -0.39 is 0 Å². The molecule has 0 radical (unpaired) electrons. The third-order valence-corrected chi connectivity index (χ3v) is 3.74. The number of hydrogen-bond acceptors (Lipinski definition) is 2.